The zero-order chi connectivity index (χ0) is 18.3. The van der Waals surface area contributed by atoms with Crippen molar-refractivity contribution in [3.63, 3.8) is 0 Å². The van der Waals surface area contributed by atoms with Crippen LogP contribution in [-0.4, -0.2) is 30.3 Å². The van der Waals surface area contributed by atoms with E-state index in [1.807, 2.05) is 0 Å². The number of benzene rings is 1. The molecule has 142 valence electrons. The van der Waals surface area contributed by atoms with E-state index in [-0.39, 0.29) is 0 Å². The predicted molar refractivity (Wildman–Crippen MR) is 114 cm³/mol. The Kier molecular flexibility index (Phi) is 8.15. The minimum Gasteiger partial charge on any atom is -0.330 e. The molecule has 0 aromatic heterocycles. The van der Waals surface area contributed by atoms with Crippen LogP contribution in [0.2, 0.25) is 0 Å². The van der Waals surface area contributed by atoms with E-state index in [2.05, 4.69) is 68.5 Å². The van der Waals surface area contributed by atoms with Crippen LogP contribution in [0, 0.1) is 11.8 Å². The van der Waals surface area contributed by atoms with Gasteiger partial charge in [0.05, 0.1) is 0 Å². The molecule has 0 bridgehead atoms. The number of nitrogens with zero attached hydrogens (tertiary/aromatic N) is 1. The van der Waals surface area contributed by atoms with Gasteiger partial charge in [0.1, 0.15) is 0 Å². The molecule has 0 aliphatic carbocycles. The third kappa shape index (κ3) is 5.92. The molecule has 1 aliphatic rings. The Morgan fingerprint density at radius 2 is 2.12 bits per heavy atom. The van der Waals surface area contributed by atoms with E-state index in [0.717, 1.165) is 11.7 Å². The highest BCUT2D eigenvalue weighted by molar-refractivity contribution is 8.00. The van der Waals surface area contributed by atoms with Gasteiger partial charge < -0.3 is 9.62 Å². The molecule has 25 heavy (non-hydrogen) atoms. The molecule has 2 atom stereocenters. The average molecular weight is 363 g/mol. The number of unbranched alkanes of at least 4 members (excludes halogenated alkanes) is 1. The van der Waals surface area contributed by atoms with Gasteiger partial charge in [-0.25, -0.2) is 0 Å². The fraction of sp³-hybridized carbons (Fsp3) is 0.727. The Morgan fingerprint density at radius 1 is 1.32 bits per heavy atom. The Balaban J connectivity index is 1.92. The first-order chi connectivity index (χ1) is 12.0. The van der Waals surface area contributed by atoms with Gasteiger partial charge in [-0.3, -0.25) is 0 Å². The molecule has 2 unspecified atom stereocenters. The summed E-state index contributed by atoms with van der Waals surface area (Å²) in [4.78, 5) is 2.70. The van der Waals surface area contributed by atoms with Crippen molar-refractivity contribution in [2.75, 3.05) is 30.1 Å². The lowest BCUT2D eigenvalue weighted by molar-refractivity contribution is 0.109. The SMILES string of the molecule is CCSNc1cccc(C2(C)CCN(CCCCC(C)C)CC2C)c1. The number of hydrogen-bond donors (Lipinski definition) is 1. The van der Waals surface area contributed by atoms with Crippen LogP contribution in [0.1, 0.15) is 65.9 Å². The first-order valence-electron chi connectivity index (χ1n) is 10.2. The molecule has 1 fully saturated rings. The van der Waals surface area contributed by atoms with Crippen molar-refractivity contribution in [3.8, 4) is 0 Å². The fourth-order valence-electron chi connectivity index (χ4n) is 3.93. The average Bonchev–Trinajstić information content (AvgIpc) is 2.60. The molecule has 0 spiro atoms. The highest BCUT2D eigenvalue weighted by Crippen LogP contribution is 2.40. The fourth-order valence-corrected chi connectivity index (χ4v) is 4.37. The zero-order valence-corrected chi connectivity index (χ0v) is 17.8. The molecule has 1 saturated heterocycles. The highest BCUT2D eigenvalue weighted by Gasteiger charge is 2.37. The molecule has 2 nitrogen and oxygen atoms in total. The van der Waals surface area contributed by atoms with Crippen molar-refractivity contribution in [2.24, 2.45) is 11.8 Å². The van der Waals surface area contributed by atoms with E-state index < -0.39 is 0 Å². The van der Waals surface area contributed by atoms with Crippen LogP contribution in [0.15, 0.2) is 24.3 Å². The Hall–Kier alpha value is -0.670. The first-order valence-corrected chi connectivity index (χ1v) is 11.1. The van der Waals surface area contributed by atoms with E-state index >= 15 is 0 Å². The van der Waals surface area contributed by atoms with Gasteiger partial charge in [-0.05, 0) is 60.9 Å². The second-order valence-corrected chi connectivity index (χ2v) is 9.44. The number of hydrogen-bond acceptors (Lipinski definition) is 3. The number of rotatable bonds is 9. The van der Waals surface area contributed by atoms with Gasteiger partial charge >= 0.3 is 0 Å². The highest BCUT2D eigenvalue weighted by atomic mass is 32.2. The summed E-state index contributed by atoms with van der Waals surface area (Å²) in [5, 5.41) is 0. The van der Waals surface area contributed by atoms with Crippen molar-refractivity contribution in [1.82, 2.24) is 4.90 Å². The van der Waals surface area contributed by atoms with Crippen molar-refractivity contribution < 1.29 is 0 Å². The molecule has 0 saturated carbocycles. The number of anilines is 1. The monoisotopic (exact) mass is 362 g/mol. The maximum atomic E-state index is 3.46. The minimum absolute atomic E-state index is 0.295. The molecular weight excluding hydrogens is 324 g/mol. The van der Waals surface area contributed by atoms with Crippen LogP contribution in [0.3, 0.4) is 0 Å². The van der Waals surface area contributed by atoms with Crippen LogP contribution < -0.4 is 4.72 Å². The van der Waals surface area contributed by atoms with Crippen molar-refractivity contribution in [2.45, 2.75) is 65.7 Å². The summed E-state index contributed by atoms with van der Waals surface area (Å²) in [5.41, 5.74) is 3.04. The van der Waals surface area contributed by atoms with Gasteiger partial charge in [0.2, 0.25) is 0 Å². The molecule has 2 rings (SSSR count). The van der Waals surface area contributed by atoms with E-state index in [1.165, 1.54) is 56.6 Å². The summed E-state index contributed by atoms with van der Waals surface area (Å²) >= 11 is 1.77. The lowest BCUT2D eigenvalue weighted by Gasteiger charge is -2.45. The van der Waals surface area contributed by atoms with Crippen LogP contribution in [0.25, 0.3) is 0 Å². The molecule has 1 aromatic rings. The lowest BCUT2D eigenvalue weighted by atomic mass is 9.68. The van der Waals surface area contributed by atoms with Gasteiger partial charge in [0.25, 0.3) is 0 Å². The van der Waals surface area contributed by atoms with Crippen LogP contribution in [0.5, 0.6) is 0 Å². The third-order valence-electron chi connectivity index (χ3n) is 5.93. The quantitative estimate of drug-likeness (QED) is 0.416. The number of likely N-dealkylation sites (tertiary alicyclic amines) is 1. The second kappa shape index (κ2) is 9.87. The van der Waals surface area contributed by atoms with Gasteiger partial charge in [-0.2, -0.15) is 0 Å². The largest absolute Gasteiger partial charge is 0.330 e. The molecule has 1 N–H and O–H groups in total. The van der Waals surface area contributed by atoms with Crippen LogP contribution >= 0.6 is 11.9 Å². The van der Waals surface area contributed by atoms with Crippen LogP contribution in [-0.2, 0) is 5.41 Å². The van der Waals surface area contributed by atoms with E-state index in [1.54, 1.807) is 11.9 Å². The maximum absolute atomic E-state index is 3.46. The molecule has 0 amide bonds. The maximum Gasteiger partial charge on any atom is 0.0442 e. The van der Waals surface area contributed by atoms with Gasteiger partial charge in [-0.1, -0.05) is 71.5 Å². The minimum atomic E-state index is 0.295. The summed E-state index contributed by atoms with van der Waals surface area (Å²) in [6.07, 6.45) is 5.37. The summed E-state index contributed by atoms with van der Waals surface area (Å²) in [5.74, 6) is 2.62. The Bertz CT molecular complexity index is 517. The summed E-state index contributed by atoms with van der Waals surface area (Å²) in [6, 6.07) is 9.10. The van der Waals surface area contributed by atoms with Gasteiger partial charge in [0.15, 0.2) is 0 Å². The zero-order valence-electron chi connectivity index (χ0n) is 17.0. The Morgan fingerprint density at radius 3 is 2.80 bits per heavy atom. The van der Waals surface area contributed by atoms with Gasteiger partial charge in [-0.15, -0.1) is 0 Å². The molecule has 3 heteroatoms. The molecular formula is C22H38N2S. The van der Waals surface area contributed by atoms with Crippen molar-refractivity contribution in [1.29, 1.82) is 0 Å². The Labute approximate surface area is 160 Å². The lowest BCUT2D eigenvalue weighted by Crippen LogP contribution is -2.47. The first kappa shape index (κ1) is 20.6. The molecule has 1 heterocycles. The summed E-state index contributed by atoms with van der Waals surface area (Å²) in [6.45, 7) is 15.5. The summed E-state index contributed by atoms with van der Waals surface area (Å²) in [7, 11) is 0. The molecule has 0 radical (unpaired) electrons. The van der Waals surface area contributed by atoms with Crippen molar-refractivity contribution in [3.05, 3.63) is 29.8 Å². The molecule has 1 aromatic carbocycles. The standard InChI is InChI=1S/C22H38N2S/c1-6-25-23-21-12-9-11-20(16-21)22(5)13-15-24(17-19(22)4)14-8-7-10-18(2)3/h9,11-12,16,18-19,23H,6-8,10,13-15,17H2,1-5H3. The van der Waals surface area contributed by atoms with Crippen molar-refractivity contribution >= 4 is 17.6 Å². The molecule has 1 aliphatic heterocycles. The predicted octanol–water partition coefficient (Wildman–Crippen LogP) is 6.19. The number of nitrogens with one attached hydrogen (secondary N) is 1. The smallest absolute Gasteiger partial charge is 0.0442 e. The second-order valence-electron chi connectivity index (χ2n) is 8.37. The summed E-state index contributed by atoms with van der Waals surface area (Å²) < 4.78 is 3.46. The van der Waals surface area contributed by atoms with Crippen LogP contribution in [0.4, 0.5) is 5.69 Å². The number of piperidine rings is 1. The van der Waals surface area contributed by atoms with E-state index in [9.17, 15) is 0 Å². The normalized spacial score (nSPS) is 24.6. The van der Waals surface area contributed by atoms with E-state index in [4.69, 9.17) is 0 Å². The van der Waals surface area contributed by atoms with Gasteiger partial charge in [0, 0.05) is 18.0 Å². The van der Waals surface area contributed by atoms with E-state index in [0.29, 0.717) is 11.3 Å². The third-order valence-corrected chi connectivity index (χ3v) is 6.60. The topological polar surface area (TPSA) is 15.3 Å².